The van der Waals surface area contributed by atoms with Crippen molar-refractivity contribution in [1.82, 2.24) is 14.7 Å². The molecule has 0 unspecified atom stereocenters. The van der Waals surface area contributed by atoms with E-state index >= 15 is 0 Å². The molecule has 4 amide bonds. The van der Waals surface area contributed by atoms with Crippen LogP contribution in [0.1, 0.15) is 29.7 Å². The number of anilines is 1. The number of urea groups is 2. The molecule has 0 saturated carbocycles. The van der Waals surface area contributed by atoms with E-state index in [9.17, 15) is 41.5 Å². The molecule has 2 aliphatic heterocycles. The summed E-state index contributed by atoms with van der Waals surface area (Å²) in [7, 11) is -4.07. The predicted molar refractivity (Wildman–Crippen MR) is 143 cm³/mol. The number of imide groups is 1. The number of carbonyl (C=O) groups is 2. The van der Waals surface area contributed by atoms with Crippen LogP contribution in [0.5, 0.6) is 0 Å². The molecular weight excluding hydrogens is 577 g/mol. The Morgan fingerprint density at radius 2 is 1.83 bits per heavy atom. The molecule has 42 heavy (non-hydrogen) atoms. The Balaban J connectivity index is 1.97. The van der Waals surface area contributed by atoms with Crippen LogP contribution in [-0.2, 0) is 16.0 Å². The van der Waals surface area contributed by atoms with Crippen molar-refractivity contribution in [2.45, 2.75) is 24.0 Å². The van der Waals surface area contributed by atoms with Gasteiger partial charge in [-0.15, -0.1) is 0 Å². The Labute approximate surface area is 240 Å². The van der Waals surface area contributed by atoms with Gasteiger partial charge in [-0.3, -0.25) is 9.80 Å². The summed E-state index contributed by atoms with van der Waals surface area (Å²) < 4.78 is 66.3. The van der Waals surface area contributed by atoms with Crippen LogP contribution in [0, 0.1) is 17.9 Å². The number of halogens is 3. The third-order valence-electron chi connectivity index (χ3n) is 7.06. The van der Waals surface area contributed by atoms with Crippen molar-refractivity contribution in [3.63, 3.8) is 0 Å². The van der Waals surface area contributed by atoms with Crippen molar-refractivity contribution in [1.29, 1.82) is 5.26 Å². The quantitative estimate of drug-likeness (QED) is 0.527. The van der Waals surface area contributed by atoms with Crippen LogP contribution in [0.3, 0.4) is 0 Å². The van der Waals surface area contributed by atoms with Gasteiger partial charge in [-0.05, 0) is 42.8 Å². The summed E-state index contributed by atoms with van der Waals surface area (Å²) in [6.07, 6.45) is -3.87. The van der Waals surface area contributed by atoms with E-state index in [1.54, 1.807) is 4.90 Å². The van der Waals surface area contributed by atoms with E-state index in [2.05, 4.69) is 4.85 Å². The largest absolute Gasteiger partial charge is 0.416 e. The highest BCUT2D eigenvalue weighted by molar-refractivity contribution is 7.90. The SMILES string of the molecule is [C-]#[N+]C1=C(C)N(c2cccc(C(F)(F)F)c2)C(=O)N(C(=O)N2CCN(CO)CC2)[C@@H]1c1ccc(C#N)cc1S(C)(=O)=O. The average molecular weight is 603 g/mol. The zero-order chi connectivity index (χ0) is 31.0. The summed E-state index contributed by atoms with van der Waals surface area (Å²) in [5.74, 6) is 0. The topological polar surface area (TPSA) is 130 Å². The Hall–Kier alpha value is -4.44. The number of hydrogen-bond donors (Lipinski definition) is 1. The first-order valence-corrected chi connectivity index (χ1v) is 14.4. The van der Waals surface area contributed by atoms with Crippen LogP contribution in [0.4, 0.5) is 28.4 Å². The zero-order valence-electron chi connectivity index (χ0n) is 22.5. The summed E-state index contributed by atoms with van der Waals surface area (Å²) >= 11 is 0. The molecule has 2 heterocycles. The average Bonchev–Trinajstić information content (AvgIpc) is 2.95. The second kappa shape index (κ2) is 11.4. The lowest BCUT2D eigenvalue weighted by Gasteiger charge is -2.44. The van der Waals surface area contributed by atoms with Crippen molar-refractivity contribution in [3.8, 4) is 6.07 Å². The van der Waals surface area contributed by atoms with E-state index in [0.29, 0.717) is 4.90 Å². The van der Waals surface area contributed by atoms with Gasteiger partial charge in [0.1, 0.15) is 6.04 Å². The molecule has 1 N–H and O–H groups in total. The summed E-state index contributed by atoms with van der Waals surface area (Å²) in [6.45, 7) is 9.67. The molecule has 0 bridgehead atoms. The second-order valence-electron chi connectivity index (χ2n) is 9.69. The Kier molecular flexibility index (Phi) is 8.31. The normalized spacial score (nSPS) is 18.6. The standard InChI is InChI=1S/C27H25F3N6O5S/c1-17-23(32-2)24(21-8-7-18(15-31)13-22(21)42(3,40)41)36(25(38)34-11-9-33(16-37)10-12-34)26(39)35(17)20-6-4-5-19(14-20)27(28,29)30/h4-8,13-14,24,37H,9-12,16H2,1,3H3/t24-/m1/s1. The first kappa shape index (κ1) is 30.5. The van der Waals surface area contributed by atoms with Crippen LogP contribution in [0.25, 0.3) is 4.85 Å². The summed E-state index contributed by atoms with van der Waals surface area (Å²) in [6, 6.07) is 5.72. The van der Waals surface area contributed by atoms with Crippen molar-refractivity contribution in [3.05, 3.63) is 82.0 Å². The maximum absolute atomic E-state index is 14.2. The molecule has 4 rings (SSSR count). The molecule has 0 aliphatic carbocycles. The van der Waals surface area contributed by atoms with Crippen molar-refractivity contribution in [2.24, 2.45) is 0 Å². The Morgan fingerprint density at radius 3 is 2.38 bits per heavy atom. The van der Waals surface area contributed by atoms with E-state index in [0.717, 1.165) is 35.4 Å². The maximum atomic E-state index is 14.2. The van der Waals surface area contributed by atoms with Gasteiger partial charge in [0, 0.05) is 43.8 Å². The zero-order valence-corrected chi connectivity index (χ0v) is 23.3. The van der Waals surface area contributed by atoms with Crippen molar-refractivity contribution < 1.29 is 36.3 Å². The highest BCUT2D eigenvalue weighted by Crippen LogP contribution is 2.43. The number of nitriles is 1. The number of piperazine rings is 1. The molecule has 1 fully saturated rings. The molecular formula is C27H25F3N6O5S. The Morgan fingerprint density at radius 1 is 1.17 bits per heavy atom. The number of aliphatic hydroxyl groups is 1. The van der Waals surface area contributed by atoms with E-state index in [1.807, 2.05) is 6.07 Å². The summed E-state index contributed by atoms with van der Waals surface area (Å²) in [5.41, 5.74) is -1.83. The number of sulfone groups is 1. The van der Waals surface area contributed by atoms with Gasteiger partial charge in [-0.2, -0.15) is 18.4 Å². The summed E-state index contributed by atoms with van der Waals surface area (Å²) in [4.78, 5) is 35.8. The van der Waals surface area contributed by atoms with Crippen molar-refractivity contribution in [2.75, 3.05) is 44.1 Å². The van der Waals surface area contributed by atoms with Crippen LogP contribution >= 0.6 is 0 Å². The highest BCUT2D eigenvalue weighted by atomic mass is 32.2. The monoisotopic (exact) mass is 602 g/mol. The molecule has 220 valence electrons. The molecule has 2 aromatic carbocycles. The number of alkyl halides is 3. The smallest absolute Gasteiger partial charge is 0.381 e. The van der Waals surface area contributed by atoms with Gasteiger partial charge in [0.2, 0.25) is 5.70 Å². The second-order valence-corrected chi connectivity index (χ2v) is 11.7. The molecule has 1 atom stereocenters. The highest BCUT2D eigenvalue weighted by Gasteiger charge is 2.47. The molecule has 1 saturated heterocycles. The Bertz CT molecular complexity index is 1650. The van der Waals surface area contributed by atoms with E-state index in [-0.39, 0.29) is 66.0 Å². The maximum Gasteiger partial charge on any atom is 0.416 e. The van der Waals surface area contributed by atoms with Gasteiger partial charge < -0.3 is 10.0 Å². The first-order valence-electron chi connectivity index (χ1n) is 12.5. The molecule has 11 nitrogen and oxygen atoms in total. The van der Waals surface area contributed by atoms with Gasteiger partial charge in [-0.1, -0.05) is 12.1 Å². The van der Waals surface area contributed by atoms with Crippen LogP contribution in [0.15, 0.2) is 58.8 Å². The number of carbonyl (C=O) groups excluding carboxylic acids is 2. The van der Waals surface area contributed by atoms with Crippen molar-refractivity contribution >= 4 is 27.6 Å². The summed E-state index contributed by atoms with van der Waals surface area (Å²) in [5, 5.41) is 18.8. The number of benzene rings is 2. The number of nitrogens with zero attached hydrogens (tertiary/aromatic N) is 6. The lowest BCUT2D eigenvalue weighted by Crippen LogP contribution is -2.59. The number of aliphatic hydroxyl groups excluding tert-OH is 1. The number of amides is 4. The first-order chi connectivity index (χ1) is 19.7. The minimum atomic E-state index is -4.74. The fourth-order valence-corrected chi connectivity index (χ4v) is 5.88. The van der Waals surface area contributed by atoms with Crippen LogP contribution < -0.4 is 4.90 Å². The van der Waals surface area contributed by atoms with Crippen LogP contribution in [-0.4, -0.2) is 79.5 Å². The lowest BCUT2D eigenvalue weighted by molar-refractivity contribution is -0.137. The molecule has 0 aromatic heterocycles. The molecule has 2 aromatic rings. The number of rotatable bonds is 4. The van der Waals surface area contributed by atoms with Crippen LogP contribution in [0.2, 0.25) is 0 Å². The molecule has 0 radical (unpaired) electrons. The van der Waals surface area contributed by atoms with E-state index in [4.69, 9.17) is 6.57 Å². The third kappa shape index (κ3) is 5.67. The predicted octanol–water partition coefficient (Wildman–Crippen LogP) is 3.80. The third-order valence-corrected chi connectivity index (χ3v) is 8.21. The number of hydrogen-bond acceptors (Lipinski definition) is 7. The fourth-order valence-electron chi connectivity index (χ4n) is 4.93. The molecule has 0 spiro atoms. The lowest BCUT2D eigenvalue weighted by atomic mass is 9.97. The molecule has 2 aliphatic rings. The minimum Gasteiger partial charge on any atom is -0.381 e. The van der Waals surface area contributed by atoms with Gasteiger partial charge >= 0.3 is 18.2 Å². The molecule has 15 heteroatoms. The number of allylic oxidation sites excluding steroid dienone is 1. The van der Waals surface area contributed by atoms with Gasteiger partial charge in [-0.25, -0.2) is 27.8 Å². The fraction of sp³-hybridized carbons (Fsp3) is 0.333. The minimum absolute atomic E-state index is 0.0185. The van der Waals surface area contributed by atoms with Gasteiger partial charge in [0.15, 0.2) is 9.84 Å². The van der Waals surface area contributed by atoms with E-state index in [1.165, 1.54) is 30.0 Å². The van der Waals surface area contributed by atoms with E-state index < -0.39 is 39.7 Å². The van der Waals surface area contributed by atoms with Gasteiger partial charge in [0.05, 0.1) is 35.4 Å². The van der Waals surface area contributed by atoms with Gasteiger partial charge in [0.25, 0.3) is 0 Å².